The van der Waals surface area contributed by atoms with Crippen molar-refractivity contribution in [1.82, 2.24) is 19.8 Å². The van der Waals surface area contributed by atoms with Gasteiger partial charge in [0.25, 0.3) is 0 Å². The van der Waals surface area contributed by atoms with Gasteiger partial charge in [-0.2, -0.15) is 0 Å². The number of hydrogen-bond acceptors (Lipinski definition) is 7. The summed E-state index contributed by atoms with van der Waals surface area (Å²) in [6, 6.07) is 7.43. The third-order valence-corrected chi connectivity index (χ3v) is 5.67. The van der Waals surface area contributed by atoms with Crippen molar-refractivity contribution in [3.63, 3.8) is 0 Å². The van der Waals surface area contributed by atoms with Crippen LogP contribution in [-0.2, 0) is 17.8 Å². The van der Waals surface area contributed by atoms with E-state index in [1.54, 1.807) is 14.2 Å². The number of methoxy groups -OCH3 is 2. The molecule has 8 nitrogen and oxygen atoms in total. The second-order valence-corrected chi connectivity index (χ2v) is 8.66. The van der Waals surface area contributed by atoms with E-state index >= 15 is 0 Å². The fraction of sp³-hybridized carbons (Fsp3) is 0.542. The van der Waals surface area contributed by atoms with Gasteiger partial charge in [-0.1, -0.05) is 0 Å². The molecule has 1 fully saturated rings. The van der Waals surface area contributed by atoms with E-state index in [1.807, 2.05) is 62.3 Å². The topological polar surface area (TPSA) is 71.0 Å². The zero-order valence-electron chi connectivity index (χ0n) is 20.1. The number of aromatic nitrogens is 2. The van der Waals surface area contributed by atoms with Gasteiger partial charge in [-0.25, -0.2) is 9.97 Å². The number of carbonyl (C=O) groups is 1. The van der Waals surface area contributed by atoms with Gasteiger partial charge in [-0.3, -0.25) is 4.79 Å². The smallest absolute Gasteiger partial charge is 0.227 e. The number of anilines is 1. The zero-order chi connectivity index (χ0) is 23.3. The molecule has 1 atom stereocenters. The number of benzene rings is 1. The molecule has 0 aliphatic carbocycles. The highest BCUT2D eigenvalue weighted by atomic mass is 16.5. The summed E-state index contributed by atoms with van der Waals surface area (Å²) in [7, 11) is 11.2. The molecule has 0 N–H and O–H groups in total. The Kier molecular flexibility index (Phi) is 7.90. The SMILES string of the molecule is COc1ccc(OC)c(CC(=O)N2CCCCC2c2nc(CN(C)C)cc(N(C)C)n2)c1. The normalized spacial score (nSPS) is 16.2. The maximum atomic E-state index is 13.5. The van der Waals surface area contributed by atoms with Crippen LogP contribution in [0.3, 0.4) is 0 Å². The Labute approximate surface area is 191 Å². The van der Waals surface area contributed by atoms with Crippen molar-refractivity contribution in [3.05, 3.63) is 41.3 Å². The van der Waals surface area contributed by atoms with Crippen molar-refractivity contribution in [3.8, 4) is 11.5 Å². The Bertz CT molecular complexity index is 932. The molecule has 0 saturated carbocycles. The van der Waals surface area contributed by atoms with Gasteiger partial charge >= 0.3 is 0 Å². The number of carbonyl (C=O) groups excluding carboxylic acids is 1. The first-order chi connectivity index (χ1) is 15.3. The largest absolute Gasteiger partial charge is 0.497 e. The number of likely N-dealkylation sites (tertiary alicyclic amines) is 1. The number of ether oxygens (including phenoxy) is 2. The van der Waals surface area contributed by atoms with Gasteiger partial charge in [0.1, 0.15) is 17.3 Å². The van der Waals surface area contributed by atoms with E-state index in [4.69, 9.17) is 19.4 Å². The van der Waals surface area contributed by atoms with E-state index in [9.17, 15) is 4.79 Å². The third kappa shape index (κ3) is 5.68. The van der Waals surface area contributed by atoms with Gasteiger partial charge in [0.05, 0.1) is 32.4 Å². The van der Waals surface area contributed by atoms with Crippen molar-refractivity contribution < 1.29 is 14.3 Å². The molecule has 2 aromatic rings. The van der Waals surface area contributed by atoms with Crippen LogP contribution in [0.2, 0.25) is 0 Å². The van der Waals surface area contributed by atoms with Crippen molar-refractivity contribution >= 4 is 11.7 Å². The van der Waals surface area contributed by atoms with Gasteiger partial charge in [-0.15, -0.1) is 0 Å². The molecule has 3 rings (SSSR count). The molecule has 1 unspecified atom stereocenters. The molecule has 1 saturated heterocycles. The molecule has 2 heterocycles. The molecule has 0 spiro atoms. The van der Waals surface area contributed by atoms with E-state index in [-0.39, 0.29) is 18.4 Å². The summed E-state index contributed by atoms with van der Waals surface area (Å²) in [6.07, 6.45) is 3.14. The predicted molar refractivity (Wildman–Crippen MR) is 125 cm³/mol. The van der Waals surface area contributed by atoms with Gasteiger partial charge < -0.3 is 24.2 Å². The maximum absolute atomic E-state index is 13.5. The first kappa shape index (κ1) is 23.8. The standard InChI is InChI=1S/C24H35N5O3/c1-27(2)16-18-15-22(28(3)4)26-24(25-18)20-9-7-8-12-29(20)23(30)14-17-13-19(31-5)10-11-21(17)32-6/h10-11,13,15,20H,7-9,12,14,16H2,1-6H3. The van der Waals surface area contributed by atoms with Crippen LogP contribution in [0.4, 0.5) is 5.82 Å². The molecule has 174 valence electrons. The number of rotatable bonds is 8. The van der Waals surface area contributed by atoms with E-state index < -0.39 is 0 Å². The second-order valence-electron chi connectivity index (χ2n) is 8.66. The lowest BCUT2D eigenvalue weighted by molar-refractivity contribution is -0.134. The molecule has 1 aromatic carbocycles. The first-order valence-corrected chi connectivity index (χ1v) is 11.0. The summed E-state index contributed by atoms with van der Waals surface area (Å²) >= 11 is 0. The molecule has 1 aromatic heterocycles. The predicted octanol–water partition coefficient (Wildman–Crippen LogP) is 2.92. The highest BCUT2D eigenvalue weighted by Gasteiger charge is 2.31. The fourth-order valence-corrected chi connectivity index (χ4v) is 4.07. The Morgan fingerprint density at radius 2 is 1.88 bits per heavy atom. The first-order valence-electron chi connectivity index (χ1n) is 11.0. The molecular weight excluding hydrogens is 406 g/mol. The number of amides is 1. The highest BCUT2D eigenvalue weighted by Crippen LogP contribution is 2.32. The van der Waals surface area contributed by atoms with Crippen molar-refractivity contribution in [1.29, 1.82) is 0 Å². The van der Waals surface area contributed by atoms with Crippen molar-refractivity contribution in [2.24, 2.45) is 0 Å². The summed E-state index contributed by atoms with van der Waals surface area (Å²) in [5, 5.41) is 0. The monoisotopic (exact) mass is 441 g/mol. The minimum Gasteiger partial charge on any atom is -0.497 e. The number of piperidine rings is 1. The molecular formula is C24H35N5O3. The average molecular weight is 442 g/mol. The molecule has 1 aliphatic heterocycles. The van der Waals surface area contributed by atoms with E-state index in [0.29, 0.717) is 18.0 Å². The van der Waals surface area contributed by atoms with Crippen LogP contribution >= 0.6 is 0 Å². The second kappa shape index (κ2) is 10.6. The van der Waals surface area contributed by atoms with Crippen LogP contribution < -0.4 is 14.4 Å². The summed E-state index contributed by atoms with van der Waals surface area (Å²) < 4.78 is 10.8. The van der Waals surface area contributed by atoms with Gasteiger partial charge in [0, 0.05) is 38.8 Å². The molecule has 8 heteroatoms. The van der Waals surface area contributed by atoms with E-state index in [2.05, 4.69) is 4.90 Å². The minimum absolute atomic E-state index is 0.0502. The van der Waals surface area contributed by atoms with Gasteiger partial charge in [-0.05, 0) is 51.6 Å². The van der Waals surface area contributed by atoms with E-state index in [1.165, 1.54) is 0 Å². The summed E-state index contributed by atoms with van der Waals surface area (Å²) in [4.78, 5) is 29.2. The number of nitrogens with zero attached hydrogens (tertiary/aromatic N) is 5. The van der Waals surface area contributed by atoms with Gasteiger partial charge in [0.15, 0.2) is 5.82 Å². The lowest BCUT2D eigenvalue weighted by Gasteiger charge is -2.35. The Balaban J connectivity index is 1.91. The third-order valence-electron chi connectivity index (χ3n) is 5.67. The Hall–Kier alpha value is -2.87. The van der Waals surface area contributed by atoms with Crippen LogP contribution in [0.1, 0.15) is 42.4 Å². The molecule has 1 amide bonds. The highest BCUT2D eigenvalue weighted by molar-refractivity contribution is 5.80. The maximum Gasteiger partial charge on any atom is 0.227 e. The Morgan fingerprint density at radius 1 is 1.09 bits per heavy atom. The minimum atomic E-state index is -0.131. The fourth-order valence-electron chi connectivity index (χ4n) is 4.07. The van der Waals surface area contributed by atoms with Crippen LogP contribution in [0.25, 0.3) is 0 Å². The van der Waals surface area contributed by atoms with Crippen molar-refractivity contribution in [2.75, 3.05) is 53.9 Å². The quantitative estimate of drug-likeness (QED) is 0.624. The summed E-state index contributed by atoms with van der Waals surface area (Å²) in [5.41, 5.74) is 1.77. The molecule has 1 aliphatic rings. The lowest BCUT2D eigenvalue weighted by Crippen LogP contribution is -2.40. The average Bonchev–Trinajstić information content (AvgIpc) is 2.78. The van der Waals surface area contributed by atoms with Crippen LogP contribution in [0.5, 0.6) is 11.5 Å². The number of hydrogen-bond donors (Lipinski definition) is 0. The van der Waals surface area contributed by atoms with Crippen LogP contribution in [0, 0.1) is 0 Å². The molecule has 32 heavy (non-hydrogen) atoms. The summed E-state index contributed by atoms with van der Waals surface area (Å²) in [5.74, 6) is 3.03. The molecule has 0 radical (unpaired) electrons. The lowest BCUT2D eigenvalue weighted by atomic mass is 9.99. The van der Waals surface area contributed by atoms with Crippen molar-refractivity contribution in [2.45, 2.75) is 38.3 Å². The van der Waals surface area contributed by atoms with E-state index in [0.717, 1.165) is 48.7 Å². The van der Waals surface area contributed by atoms with Gasteiger partial charge in [0.2, 0.25) is 5.91 Å². The Morgan fingerprint density at radius 3 is 2.53 bits per heavy atom. The van der Waals surface area contributed by atoms with Crippen LogP contribution in [0.15, 0.2) is 24.3 Å². The van der Waals surface area contributed by atoms with Crippen LogP contribution in [-0.4, -0.2) is 74.6 Å². The molecule has 0 bridgehead atoms. The zero-order valence-corrected chi connectivity index (χ0v) is 20.1. The summed E-state index contributed by atoms with van der Waals surface area (Å²) in [6.45, 7) is 1.42.